The predicted octanol–water partition coefficient (Wildman–Crippen LogP) is 2.42. The van der Waals surface area contributed by atoms with Gasteiger partial charge in [-0.05, 0) is 29.8 Å². The van der Waals surface area contributed by atoms with Gasteiger partial charge in [0.15, 0.2) is 9.84 Å². The molecule has 0 radical (unpaired) electrons. The van der Waals surface area contributed by atoms with Crippen molar-refractivity contribution in [1.29, 1.82) is 0 Å². The Kier molecular flexibility index (Phi) is 4.28. The van der Waals surface area contributed by atoms with Crippen LogP contribution in [0.4, 0.5) is 11.5 Å². The van der Waals surface area contributed by atoms with Gasteiger partial charge >= 0.3 is 0 Å². The molecule has 0 aliphatic heterocycles. The maximum Gasteiger partial charge on any atom is 0.175 e. The smallest absolute Gasteiger partial charge is 0.175 e. The van der Waals surface area contributed by atoms with Gasteiger partial charge in [-0.2, -0.15) is 5.10 Å². The van der Waals surface area contributed by atoms with Crippen LogP contribution in [0.3, 0.4) is 0 Å². The molecule has 1 aromatic carbocycles. The summed E-state index contributed by atoms with van der Waals surface area (Å²) in [5.41, 5.74) is 2.43. The normalized spacial score (nSPS) is 11.6. The first kappa shape index (κ1) is 17.1. The second kappa shape index (κ2) is 6.76. The Morgan fingerprint density at radius 3 is 2.81 bits per heavy atom. The maximum atomic E-state index is 11.8. The molecule has 0 spiro atoms. The molecular weight excluding hydrogens is 364 g/mol. The molecule has 136 valence electrons. The number of fused-ring (bicyclic) bond motifs is 1. The highest BCUT2D eigenvalue weighted by Gasteiger charge is 2.12. The number of pyridine rings is 1. The fourth-order valence-corrected chi connectivity index (χ4v) is 3.34. The van der Waals surface area contributed by atoms with Crippen molar-refractivity contribution in [2.24, 2.45) is 0 Å². The molecule has 4 rings (SSSR count). The molecule has 0 aliphatic carbocycles. The zero-order valence-electron chi connectivity index (χ0n) is 14.4. The molecule has 3 heterocycles. The fourth-order valence-electron chi connectivity index (χ4n) is 2.70. The Bertz CT molecular complexity index is 1200. The van der Waals surface area contributed by atoms with Crippen molar-refractivity contribution in [2.45, 2.75) is 11.4 Å². The van der Waals surface area contributed by atoms with E-state index in [1.54, 1.807) is 41.5 Å². The van der Waals surface area contributed by atoms with Crippen LogP contribution in [0.15, 0.2) is 66.3 Å². The van der Waals surface area contributed by atoms with Gasteiger partial charge in [0.25, 0.3) is 0 Å². The number of benzene rings is 1. The summed E-state index contributed by atoms with van der Waals surface area (Å²) in [4.78, 5) is 12.8. The first-order chi connectivity index (χ1) is 13.0. The Labute approximate surface area is 155 Å². The van der Waals surface area contributed by atoms with E-state index < -0.39 is 9.84 Å². The zero-order valence-corrected chi connectivity index (χ0v) is 15.3. The molecule has 3 aromatic heterocycles. The molecule has 9 heteroatoms. The van der Waals surface area contributed by atoms with Crippen LogP contribution in [-0.4, -0.2) is 39.4 Å². The highest BCUT2D eigenvalue weighted by molar-refractivity contribution is 7.90. The standard InChI is InChI=1S/C18H16N6O2S/c1-27(25,26)15-4-5-17-16(7-15)18(21-12-20-17)23-14-9-22-24(11-14)10-13-3-2-6-19-8-13/h2-9,11-12H,10H2,1H3,(H,20,21,23). The molecule has 0 amide bonds. The van der Waals surface area contributed by atoms with E-state index in [9.17, 15) is 8.42 Å². The molecule has 1 N–H and O–H groups in total. The van der Waals surface area contributed by atoms with Crippen LogP contribution in [0.2, 0.25) is 0 Å². The van der Waals surface area contributed by atoms with Crippen LogP contribution in [0.5, 0.6) is 0 Å². The summed E-state index contributed by atoms with van der Waals surface area (Å²) in [5.74, 6) is 0.520. The second-order valence-corrected chi connectivity index (χ2v) is 8.10. The van der Waals surface area contributed by atoms with Crippen molar-refractivity contribution in [3.63, 3.8) is 0 Å². The number of nitrogens with zero attached hydrogens (tertiary/aromatic N) is 5. The minimum atomic E-state index is -3.32. The summed E-state index contributed by atoms with van der Waals surface area (Å²) in [6.07, 6.45) is 9.66. The summed E-state index contributed by atoms with van der Waals surface area (Å²) in [6, 6.07) is 8.65. The van der Waals surface area contributed by atoms with Crippen molar-refractivity contribution in [3.05, 3.63) is 67.0 Å². The first-order valence-electron chi connectivity index (χ1n) is 8.12. The molecule has 0 aliphatic rings. The molecule has 27 heavy (non-hydrogen) atoms. The quantitative estimate of drug-likeness (QED) is 0.567. The number of hydrogen-bond donors (Lipinski definition) is 1. The zero-order chi connectivity index (χ0) is 18.9. The minimum Gasteiger partial charge on any atom is -0.337 e. The largest absolute Gasteiger partial charge is 0.337 e. The predicted molar refractivity (Wildman–Crippen MR) is 101 cm³/mol. The Morgan fingerprint density at radius 1 is 1.15 bits per heavy atom. The number of aromatic nitrogens is 5. The highest BCUT2D eigenvalue weighted by Crippen LogP contribution is 2.25. The summed E-state index contributed by atoms with van der Waals surface area (Å²) in [6.45, 7) is 0.596. The van der Waals surface area contributed by atoms with Crippen molar-refractivity contribution in [3.8, 4) is 0 Å². The van der Waals surface area contributed by atoms with Gasteiger partial charge in [-0.25, -0.2) is 18.4 Å². The third-order valence-corrected chi connectivity index (χ3v) is 5.11. The Balaban J connectivity index is 1.64. The topological polar surface area (TPSA) is 103 Å². The summed E-state index contributed by atoms with van der Waals surface area (Å²) >= 11 is 0. The molecule has 0 atom stereocenters. The Morgan fingerprint density at radius 2 is 2.04 bits per heavy atom. The lowest BCUT2D eigenvalue weighted by Gasteiger charge is -2.07. The number of nitrogens with one attached hydrogen (secondary N) is 1. The van der Waals surface area contributed by atoms with Crippen LogP contribution in [0, 0.1) is 0 Å². The average molecular weight is 380 g/mol. The van der Waals surface area contributed by atoms with E-state index in [2.05, 4.69) is 25.4 Å². The van der Waals surface area contributed by atoms with Gasteiger partial charge in [-0.1, -0.05) is 6.07 Å². The highest BCUT2D eigenvalue weighted by atomic mass is 32.2. The van der Waals surface area contributed by atoms with Gasteiger partial charge in [0.05, 0.1) is 28.8 Å². The number of hydrogen-bond acceptors (Lipinski definition) is 7. The fraction of sp³-hybridized carbons (Fsp3) is 0.111. The van der Waals surface area contributed by atoms with E-state index in [4.69, 9.17) is 0 Å². The van der Waals surface area contributed by atoms with Crippen LogP contribution in [0.25, 0.3) is 10.9 Å². The molecule has 4 aromatic rings. The van der Waals surface area contributed by atoms with E-state index in [1.807, 2.05) is 18.3 Å². The maximum absolute atomic E-state index is 11.8. The van der Waals surface area contributed by atoms with Crippen LogP contribution >= 0.6 is 0 Å². The third kappa shape index (κ3) is 3.77. The molecule has 0 bridgehead atoms. The number of sulfone groups is 1. The number of rotatable bonds is 5. The summed E-state index contributed by atoms with van der Waals surface area (Å²) in [7, 11) is -3.32. The van der Waals surface area contributed by atoms with Gasteiger partial charge in [-0.15, -0.1) is 0 Å². The van der Waals surface area contributed by atoms with Crippen LogP contribution < -0.4 is 5.32 Å². The van der Waals surface area contributed by atoms with Gasteiger partial charge in [0, 0.05) is 30.2 Å². The molecule has 0 unspecified atom stereocenters. The van der Waals surface area contributed by atoms with Gasteiger partial charge in [0.2, 0.25) is 0 Å². The van der Waals surface area contributed by atoms with Crippen LogP contribution in [-0.2, 0) is 16.4 Å². The lowest BCUT2D eigenvalue weighted by Crippen LogP contribution is -2.00. The second-order valence-electron chi connectivity index (χ2n) is 6.09. The van der Waals surface area contributed by atoms with E-state index in [0.717, 1.165) is 11.3 Å². The van der Waals surface area contributed by atoms with Gasteiger partial charge < -0.3 is 5.32 Å². The van der Waals surface area contributed by atoms with Crippen LogP contribution in [0.1, 0.15) is 5.56 Å². The average Bonchev–Trinajstić information content (AvgIpc) is 3.08. The van der Waals surface area contributed by atoms with E-state index in [-0.39, 0.29) is 4.90 Å². The van der Waals surface area contributed by atoms with E-state index in [1.165, 1.54) is 12.6 Å². The third-order valence-electron chi connectivity index (χ3n) is 4.00. The molecule has 0 saturated heterocycles. The number of anilines is 2. The molecule has 8 nitrogen and oxygen atoms in total. The molecule has 0 saturated carbocycles. The van der Waals surface area contributed by atoms with Gasteiger partial charge in [-0.3, -0.25) is 9.67 Å². The van der Waals surface area contributed by atoms with Crippen molar-refractivity contribution < 1.29 is 8.42 Å². The molecular formula is C18H16N6O2S. The SMILES string of the molecule is CS(=O)(=O)c1ccc2ncnc(Nc3cnn(Cc4cccnc4)c3)c2c1. The van der Waals surface area contributed by atoms with Crippen molar-refractivity contribution in [2.75, 3.05) is 11.6 Å². The first-order valence-corrected chi connectivity index (χ1v) is 10.0. The summed E-state index contributed by atoms with van der Waals surface area (Å²) < 4.78 is 25.5. The van der Waals surface area contributed by atoms with E-state index >= 15 is 0 Å². The lowest BCUT2D eigenvalue weighted by atomic mass is 10.2. The van der Waals surface area contributed by atoms with E-state index in [0.29, 0.717) is 23.3 Å². The Hall–Kier alpha value is -3.33. The minimum absolute atomic E-state index is 0.222. The van der Waals surface area contributed by atoms with Crippen molar-refractivity contribution >= 4 is 32.2 Å². The van der Waals surface area contributed by atoms with Gasteiger partial charge in [0.1, 0.15) is 12.1 Å². The summed E-state index contributed by atoms with van der Waals surface area (Å²) in [5, 5.41) is 8.14. The molecule has 0 fully saturated rings. The van der Waals surface area contributed by atoms with Crippen molar-refractivity contribution in [1.82, 2.24) is 24.7 Å². The lowest BCUT2D eigenvalue weighted by molar-refractivity contribution is 0.602. The monoisotopic (exact) mass is 380 g/mol.